The highest BCUT2D eigenvalue weighted by Gasteiger charge is 2.14. The number of amides is 1. The average molecular weight is 383 g/mol. The third kappa shape index (κ3) is 4.24. The van der Waals surface area contributed by atoms with Crippen LogP contribution in [-0.4, -0.2) is 10.5 Å². The van der Waals surface area contributed by atoms with E-state index >= 15 is 0 Å². The summed E-state index contributed by atoms with van der Waals surface area (Å²) in [4.78, 5) is 11.2. The summed E-state index contributed by atoms with van der Waals surface area (Å²) in [7, 11) is 0. The Morgan fingerprint density at radius 1 is 0.966 bits per heavy atom. The van der Waals surface area contributed by atoms with Crippen LogP contribution in [0.3, 0.4) is 0 Å². The van der Waals surface area contributed by atoms with Crippen LogP contribution in [0.15, 0.2) is 85.1 Å². The fraction of sp³-hybridized carbons (Fsp3) is 0.192. The van der Waals surface area contributed by atoms with E-state index in [4.69, 9.17) is 5.73 Å². The van der Waals surface area contributed by atoms with E-state index in [1.54, 1.807) is 0 Å². The Bertz CT molecular complexity index is 1110. The van der Waals surface area contributed by atoms with E-state index in [-0.39, 0.29) is 5.91 Å². The summed E-state index contributed by atoms with van der Waals surface area (Å²) in [6.07, 6.45) is 4.27. The van der Waals surface area contributed by atoms with E-state index in [2.05, 4.69) is 90.5 Å². The Labute approximate surface area is 171 Å². The molecule has 4 aromatic rings. The molecule has 2 N–H and O–H groups in total. The van der Waals surface area contributed by atoms with E-state index in [9.17, 15) is 4.79 Å². The Hall–Kier alpha value is -3.33. The Kier molecular flexibility index (Phi) is 5.48. The molecular weight excluding hydrogens is 356 g/mol. The lowest BCUT2D eigenvalue weighted by atomic mass is 9.93. The van der Waals surface area contributed by atoms with E-state index in [0.717, 1.165) is 17.7 Å². The zero-order valence-electron chi connectivity index (χ0n) is 16.7. The largest absolute Gasteiger partial charge is 0.370 e. The van der Waals surface area contributed by atoms with Crippen molar-refractivity contribution < 1.29 is 4.79 Å². The van der Waals surface area contributed by atoms with Crippen molar-refractivity contribution >= 4 is 16.8 Å². The number of rotatable bonds is 7. The fourth-order valence-corrected chi connectivity index (χ4v) is 3.96. The smallest absolute Gasteiger partial charge is 0.217 e. The van der Waals surface area contributed by atoms with Crippen LogP contribution in [0.1, 0.15) is 36.0 Å². The highest BCUT2D eigenvalue weighted by Crippen LogP contribution is 2.30. The molecule has 0 spiro atoms. The molecule has 1 heterocycles. The Morgan fingerprint density at radius 3 is 2.34 bits per heavy atom. The first-order chi connectivity index (χ1) is 14.1. The minimum atomic E-state index is -0.259. The standard InChI is InChI=1S/C26H26N2O/c1-19(21-8-4-2-5-9-21)16-22-18-28(23-10-6-3-7-11-23)25-14-12-20(17-24(22)25)13-15-26(27)29/h2-12,14,17-19H,13,15-16H2,1H3,(H2,27,29). The number of para-hydroxylation sites is 1. The third-order valence-electron chi connectivity index (χ3n) is 5.54. The third-order valence-corrected chi connectivity index (χ3v) is 5.54. The number of carbonyl (C=O) groups excluding carboxylic acids is 1. The van der Waals surface area contributed by atoms with Gasteiger partial charge in [-0.3, -0.25) is 4.79 Å². The lowest BCUT2D eigenvalue weighted by Crippen LogP contribution is -2.11. The van der Waals surface area contributed by atoms with Crippen LogP contribution in [0.4, 0.5) is 0 Å². The molecule has 0 fully saturated rings. The summed E-state index contributed by atoms with van der Waals surface area (Å²) in [5.41, 5.74) is 11.5. The number of nitrogens with zero attached hydrogens (tertiary/aromatic N) is 1. The zero-order chi connectivity index (χ0) is 20.2. The molecule has 0 saturated carbocycles. The molecule has 1 amide bonds. The summed E-state index contributed by atoms with van der Waals surface area (Å²) in [5, 5.41) is 1.25. The predicted octanol–water partition coefficient (Wildman–Crippen LogP) is 5.39. The SMILES string of the molecule is CC(Cc1cn(-c2ccccc2)c2ccc(CCC(N)=O)cc12)c1ccccc1. The van der Waals surface area contributed by atoms with Crippen LogP contribution in [0.2, 0.25) is 0 Å². The molecule has 3 heteroatoms. The average Bonchev–Trinajstić information content (AvgIpc) is 3.11. The molecule has 0 saturated heterocycles. The fourth-order valence-electron chi connectivity index (χ4n) is 3.96. The number of hydrogen-bond acceptors (Lipinski definition) is 1. The van der Waals surface area contributed by atoms with Gasteiger partial charge in [-0.15, -0.1) is 0 Å². The minimum absolute atomic E-state index is 0.259. The first kappa shape index (κ1) is 19.0. The summed E-state index contributed by atoms with van der Waals surface area (Å²) < 4.78 is 2.26. The molecule has 1 aromatic heterocycles. The van der Waals surface area contributed by atoms with Crippen LogP contribution < -0.4 is 5.73 Å². The van der Waals surface area contributed by atoms with Gasteiger partial charge in [0, 0.05) is 23.7 Å². The highest BCUT2D eigenvalue weighted by molar-refractivity contribution is 5.86. The van der Waals surface area contributed by atoms with Crippen molar-refractivity contribution in [3.05, 3.63) is 102 Å². The molecule has 0 aliphatic carbocycles. The molecule has 29 heavy (non-hydrogen) atoms. The second-order valence-corrected chi connectivity index (χ2v) is 7.69. The van der Waals surface area contributed by atoms with E-state index < -0.39 is 0 Å². The van der Waals surface area contributed by atoms with Gasteiger partial charge in [-0.05, 0) is 59.7 Å². The van der Waals surface area contributed by atoms with Gasteiger partial charge in [-0.1, -0.05) is 61.5 Å². The zero-order valence-corrected chi connectivity index (χ0v) is 16.7. The van der Waals surface area contributed by atoms with Crippen LogP contribution in [-0.2, 0) is 17.6 Å². The van der Waals surface area contributed by atoms with Crippen molar-refractivity contribution in [2.75, 3.05) is 0 Å². The van der Waals surface area contributed by atoms with Crippen molar-refractivity contribution in [1.82, 2.24) is 4.57 Å². The van der Waals surface area contributed by atoms with Crippen molar-refractivity contribution in [3.63, 3.8) is 0 Å². The summed E-state index contributed by atoms with van der Waals surface area (Å²) in [6, 6.07) is 27.6. The summed E-state index contributed by atoms with van der Waals surface area (Å²) >= 11 is 0. The predicted molar refractivity (Wildman–Crippen MR) is 119 cm³/mol. The molecular formula is C26H26N2O. The molecule has 1 unspecified atom stereocenters. The lowest BCUT2D eigenvalue weighted by molar-refractivity contribution is -0.117. The van der Waals surface area contributed by atoms with Gasteiger partial charge in [-0.2, -0.15) is 0 Å². The second-order valence-electron chi connectivity index (χ2n) is 7.69. The van der Waals surface area contributed by atoms with E-state index in [1.165, 1.54) is 22.0 Å². The number of fused-ring (bicyclic) bond motifs is 1. The maximum absolute atomic E-state index is 11.2. The number of primary amides is 1. The first-order valence-corrected chi connectivity index (χ1v) is 10.1. The van der Waals surface area contributed by atoms with Gasteiger partial charge in [0.05, 0.1) is 5.52 Å². The van der Waals surface area contributed by atoms with E-state index in [0.29, 0.717) is 18.8 Å². The van der Waals surface area contributed by atoms with Crippen molar-refractivity contribution in [3.8, 4) is 5.69 Å². The van der Waals surface area contributed by atoms with Crippen LogP contribution in [0, 0.1) is 0 Å². The molecule has 0 radical (unpaired) electrons. The van der Waals surface area contributed by atoms with Gasteiger partial charge < -0.3 is 10.3 Å². The summed E-state index contributed by atoms with van der Waals surface area (Å²) in [6.45, 7) is 2.28. The van der Waals surface area contributed by atoms with Crippen molar-refractivity contribution in [2.24, 2.45) is 5.73 Å². The number of benzene rings is 3. The van der Waals surface area contributed by atoms with Gasteiger partial charge in [0.15, 0.2) is 0 Å². The number of carbonyl (C=O) groups is 1. The Balaban J connectivity index is 1.76. The van der Waals surface area contributed by atoms with Gasteiger partial charge in [0.2, 0.25) is 5.91 Å². The molecule has 0 aliphatic heterocycles. The lowest BCUT2D eigenvalue weighted by Gasteiger charge is -2.11. The molecule has 0 bridgehead atoms. The van der Waals surface area contributed by atoms with Gasteiger partial charge in [0.1, 0.15) is 0 Å². The first-order valence-electron chi connectivity index (χ1n) is 10.1. The van der Waals surface area contributed by atoms with Gasteiger partial charge in [0.25, 0.3) is 0 Å². The maximum Gasteiger partial charge on any atom is 0.217 e. The minimum Gasteiger partial charge on any atom is -0.370 e. The molecule has 1 atom stereocenters. The quantitative estimate of drug-likeness (QED) is 0.457. The summed E-state index contributed by atoms with van der Waals surface area (Å²) in [5.74, 6) is 0.158. The molecule has 146 valence electrons. The van der Waals surface area contributed by atoms with Gasteiger partial charge >= 0.3 is 0 Å². The van der Waals surface area contributed by atoms with E-state index in [1.807, 2.05) is 6.07 Å². The normalized spacial score (nSPS) is 12.2. The van der Waals surface area contributed by atoms with Crippen molar-refractivity contribution in [2.45, 2.75) is 32.1 Å². The molecule has 3 aromatic carbocycles. The van der Waals surface area contributed by atoms with Crippen LogP contribution >= 0.6 is 0 Å². The molecule has 3 nitrogen and oxygen atoms in total. The monoisotopic (exact) mass is 382 g/mol. The second kappa shape index (κ2) is 8.36. The van der Waals surface area contributed by atoms with Crippen LogP contribution in [0.25, 0.3) is 16.6 Å². The highest BCUT2D eigenvalue weighted by atomic mass is 16.1. The topological polar surface area (TPSA) is 48.0 Å². The molecule has 4 rings (SSSR count). The van der Waals surface area contributed by atoms with Gasteiger partial charge in [-0.25, -0.2) is 0 Å². The van der Waals surface area contributed by atoms with Crippen LogP contribution in [0.5, 0.6) is 0 Å². The number of aryl methyl sites for hydroxylation is 1. The number of nitrogens with two attached hydrogens (primary N) is 1. The van der Waals surface area contributed by atoms with Crippen molar-refractivity contribution in [1.29, 1.82) is 0 Å². The number of aromatic nitrogens is 1. The Morgan fingerprint density at radius 2 is 1.66 bits per heavy atom. The maximum atomic E-state index is 11.2. The molecule has 0 aliphatic rings. The number of hydrogen-bond donors (Lipinski definition) is 1.